The van der Waals surface area contributed by atoms with Crippen LogP contribution >= 0.6 is 0 Å². The molecule has 2 amide bonds. The largest absolute Gasteiger partial charge is 0.492 e. The Morgan fingerprint density at radius 2 is 1.65 bits per heavy atom. The van der Waals surface area contributed by atoms with Gasteiger partial charge in [-0.2, -0.15) is 0 Å². The first kappa shape index (κ1) is 16.4. The molecule has 0 aliphatic rings. The van der Waals surface area contributed by atoms with E-state index in [1.165, 1.54) is 12.1 Å². The molecular formula is C17H18N2O4. The summed E-state index contributed by atoms with van der Waals surface area (Å²) < 4.78 is 5.46. The summed E-state index contributed by atoms with van der Waals surface area (Å²) >= 11 is 0. The molecule has 23 heavy (non-hydrogen) atoms. The molecule has 0 saturated carbocycles. The number of benzene rings is 2. The number of amides is 2. The number of carboxylic acid groups (broad SMARTS) is 1. The van der Waals surface area contributed by atoms with Crippen LogP contribution in [0.15, 0.2) is 54.6 Å². The van der Waals surface area contributed by atoms with E-state index in [9.17, 15) is 9.59 Å². The van der Waals surface area contributed by atoms with Crippen LogP contribution in [0.4, 0.5) is 4.79 Å². The molecule has 6 heteroatoms. The number of para-hydroxylation sites is 1. The molecule has 0 spiro atoms. The van der Waals surface area contributed by atoms with Gasteiger partial charge < -0.3 is 20.5 Å². The van der Waals surface area contributed by atoms with Gasteiger partial charge >= 0.3 is 12.0 Å². The Morgan fingerprint density at radius 1 is 0.957 bits per heavy atom. The maximum Gasteiger partial charge on any atom is 0.335 e. The van der Waals surface area contributed by atoms with Crippen LogP contribution in [0.5, 0.6) is 5.75 Å². The number of nitrogens with one attached hydrogen (secondary N) is 2. The molecule has 120 valence electrons. The summed E-state index contributed by atoms with van der Waals surface area (Å²) in [6, 6.07) is 15.4. The van der Waals surface area contributed by atoms with Crippen LogP contribution in [-0.4, -0.2) is 30.3 Å². The van der Waals surface area contributed by atoms with E-state index < -0.39 is 5.97 Å². The van der Waals surface area contributed by atoms with Crippen LogP contribution in [0.2, 0.25) is 0 Å². The van der Waals surface area contributed by atoms with Crippen molar-refractivity contribution >= 4 is 12.0 Å². The van der Waals surface area contributed by atoms with Gasteiger partial charge in [-0.25, -0.2) is 9.59 Å². The van der Waals surface area contributed by atoms with Gasteiger partial charge in [0.25, 0.3) is 0 Å². The van der Waals surface area contributed by atoms with Gasteiger partial charge in [-0.3, -0.25) is 0 Å². The van der Waals surface area contributed by atoms with Crippen molar-refractivity contribution < 1.29 is 19.4 Å². The Labute approximate surface area is 134 Å². The molecule has 2 aromatic carbocycles. The number of carboxylic acids is 1. The maximum atomic E-state index is 11.6. The number of carbonyl (C=O) groups excluding carboxylic acids is 1. The summed E-state index contributed by atoms with van der Waals surface area (Å²) in [5.74, 6) is -0.214. The molecule has 0 atom stereocenters. The molecule has 0 aliphatic heterocycles. The molecule has 3 N–H and O–H groups in total. The quantitative estimate of drug-likeness (QED) is 0.684. The lowest BCUT2D eigenvalue weighted by Crippen LogP contribution is -2.37. The third kappa shape index (κ3) is 5.70. The van der Waals surface area contributed by atoms with E-state index in [-0.39, 0.29) is 11.6 Å². The zero-order valence-corrected chi connectivity index (χ0v) is 12.5. The second-order valence-corrected chi connectivity index (χ2v) is 4.77. The minimum atomic E-state index is -0.972. The Hall–Kier alpha value is -3.02. The van der Waals surface area contributed by atoms with Crippen LogP contribution in [-0.2, 0) is 6.54 Å². The normalized spacial score (nSPS) is 9.91. The third-order valence-electron chi connectivity index (χ3n) is 3.05. The second kappa shape index (κ2) is 8.43. The molecule has 6 nitrogen and oxygen atoms in total. The van der Waals surface area contributed by atoms with Crippen LogP contribution < -0.4 is 15.4 Å². The molecule has 0 heterocycles. The van der Waals surface area contributed by atoms with Gasteiger partial charge in [-0.1, -0.05) is 30.3 Å². The fourth-order valence-electron chi connectivity index (χ4n) is 1.86. The lowest BCUT2D eigenvalue weighted by molar-refractivity contribution is 0.0697. The van der Waals surface area contributed by atoms with Gasteiger partial charge in [0.05, 0.1) is 12.1 Å². The Kier molecular flexibility index (Phi) is 5.99. The number of hydrogen-bond acceptors (Lipinski definition) is 3. The van der Waals surface area contributed by atoms with E-state index in [0.29, 0.717) is 19.7 Å². The van der Waals surface area contributed by atoms with Gasteiger partial charge in [-0.15, -0.1) is 0 Å². The zero-order valence-electron chi connectivity index (χ0n) is 12.5. The van der Waals surface area contributed by atoms with E-state index in [1.807, 2.05) is 30.3 Å². The highest BCUT2D eigenvalue weighted by Crippen LogP contribution is 2.07. The number of aromatic carboxylic acids is 1. The number of rotatable bonds is 7. The van der Waals surface area contributed by atoms with Crippen molar-refractivity contribution in [2.75, 3.05) is 13.2 Å². The van der Waals surface area contributed by atoms with Crippen LogP contribution in [0, 0.1) is 0 Å². The van der Waals surface area contributed by atoms with Crippen molar-refractivity contribution in [3.8, 4) is 5.75 Å². The fraction of sp³-hybridized carbons (Fsp3) is 0.176. The van der Waals surface area contributed by atoms with Crippen molar-refractivity contribution in [1.29, 1.82) is 0 Å². The van der Waals surface area contributed by atoms with Crippen LogP contribution in [0.25, 0.3) is 0 Å². The summed E-state index contributed by atoms with van der Waals surface area (Å²) in [4.78, 5) is 22.4. The Morgan fingerprint density at radius 3 is 2.30 bits per heavy atom. The van der Waals surface area contributed by atoms with Crippen molar-refractivity contribution in [2.24, 2.45) is 0 Å². The van der Waals surface area contributed by atoms with Gasteiger partial charge in [0.15, 0.2) is 0 Å². The molecule has 0 saturated heterocycles. The topological polar surface area (TPSA) is 87.7 Å². The van der Waals surface area contributed by atoms with Gasteiger partial charge in [-0.05, 0) is 29.8 Å². The maximum absolute atomic E-state index is 11.6. The van der Waals surface area contributed by atoms with E-state index in [0.717, 1.165) is 11.3 Å². The van der Waals surface area contributed by atoms with E-state index in [1.54, 1.807) is 12.1 Å². The average molecular weight is 314 g/mol. The lowest BCUT2D eigenvalue weighted by atomic mass is 10.1. The number of carbonyl (C=O) groups is 2. The van der Waals surface area contributed by atoms with Crippen LogP contribution in [0.3, 0.4) is 0 Å². The monoisotopic (exact) mass is 314 g/mol. The third-order valence-corrected chi connectivity index (χ3v) is 3.05. The second-order valence-electron chi connectivity index (χ2n) is 4.77. The van der Waals surface area contributed by atoms with Gasteiger partial charge in [0.1, 0.15) is 12.4 Å². The first-order valence-electron chi connectivity index (χ1n) is 7.17. The summed E-state index contributed by atoms with van der Waals surface area (Å²) in [5.41, 5.74) is 1.04. The molecule has 0 aliphatic carbocycles. The highest BCUT2D eigenvalue weighted by Gasteiger charge is 2.03. The van der Waals surface area contributed by atoms with Crippen molar-refractivity contribution in [3.05, 3.63) is 65.7 Å². The summed E-state index contributed by atoms with van der Waals surface area (Å²) in [5, 5.41) is 14.2. The SMILES string of the molecule is O=C(NCCOc1ccccc1)NCc1ccc(C(=O)O)cc1. The lowest BCUT2D eigenvalue weighted by Gasteiger charge is -2.09. The number of ether oxygens (including phenoxy) is 1. The molecule has 0 fully saturated rings. The molecule has 0 aromatic heterocycles. The molecular weight excluding hydrogens is 296 g/mol. The predicted octanol–water partition coefficient (Wildman–Crippen LogP) is 2.26. The van der Waals surface area contributed by atoms with Crippen molar-refractivity contribution in [1.82, 2.24) is 10.6 Å². The highest BCUT2D eigenvalue weighted by atomic mass is 16.5. The van der Waals surface area contributed by atoms with Gasteiger partial charge in [0.2, 0.25) is 0 Å². The first-order valence-corrected chi connectivity index (χ1v) is 7.17. The van der Waals surface area contributed by atoms with E-state index in [2.05, 4.69) is 10.6 Å². The number of urea groups is 1. The average Bonchev–Trinajstić information content (AvgIpc) is 2.58. The smallest absolute Gasteiger partial charge is 0.335 e. The Bertz CT molecular complexity index is 641. The summed E-state index contributed by atoms with van der Waals surface area (Å²) in [7, 11) is 0. The fourth-order valence-corrected chi connectivity index (χ4v) is 1.86. The summed E-state index contributed by atoms with van der Waals surface area (Å²) in [6.45, 7) is 1.09. The molecule has 0 radical (unpaired) electrons. The first-order chi connectivity index (χ1) is 11.1. The van der Waals surface area contributed by atoms with Gasteiger partial charge in [0, 0.05) is 6.54 Å². The van der Waals surface area contributed by atoms with Crippen molar-refractivity contribution in [2.45, 2.75) is 6.54 Å². The standard InChI is InChI=1S/C17H18N2O4/c20-16(21)14-8-6-13(7-9-14)12-19-17(22)18-10-11-23-15-4-2-1-3-5-15/h1-9H,10-12H2,(H,20,21)(H2,18,19,22). The number of hydrogen-bond donors (Lipinski definition) is 3. The molecule has 2 aromatic rings. The minimum absolute atomic E-state index is 0.219. The molecule has 0 unspecified atom stereocenters. The van der Waals surface area contributed by atoms with Crippen LogP contribution in [0.1, 0.15) is 15.9 Å². The summed E-state index contributed by atoms with van der Waals surface area (Å²) in [6.07, 6.45) is 0. The Balaban J connectivity index is 1.64. The minimum Gasteiger partial charge on any atom is -0.492 e. The van der Waals surface area contributed by atoms with E-state index >= 15 is 0 Å². The predicted molar refractivity (Wildman–Crippen MR) is 85.6 cm³/mol. The highest BCUT2D eigenvalue weighted by molar-refractivity contribution is 5.87. The van der Waals surface area contributed by atoms with Crippen molar-refractivity contribution in [3.63, 3.8) is 0 Å². The zero-order chi connectivity index (χ0) is 16.5. The molecule has 0 bridgehead atoms. The van der Waals surface area contributed by atoms with E-state index in [4.69, 9.17) is 9.84 Å². The molecule has 2 rings (SSSR count).